The van der Waals surface area contributed by atoms with Crippen molar-refractivity contribution in [1.82, 2.24) is 4.57 Å². The van der Waals surface area contributed by atoms with Crippen molar-refractivity contribution in [3.05, 3.63) is 66.4 Å². The summed E-state index contributed by atoms with van der Waals surface area (Å²) in [7, 11) is 0. The van der Waals surface area contributed by atoms with Crippen LogP contribution < -0.4 is 0 Å². The second kappa shape index (κ2) is 4.16. The van der Waals surface area contributed by atoms with Crippen LogP contribution in [0.25, 0.3) is 16.6 Å². The van der Waals surface area contributed by atoms with E-state index in [0.717, 1.165) is 6.07 Å². The summed E-state index contributed by atoms with van der Waals surface area (Å²) in [6.45, 7) is 0. The van der Waals surface area contributed by atoms with Crippen LogP contribution in [-0.2, 0) is 6.18 Å². The first-order valence-electron chi connectivity index (χ1n) is 5.80. The number of hydrogen-bond donors (Lipinski definition) is 0. The highest BCUT2D eigenvalue weighted by Crippen LogP contribution is 2.36. The molecular weight excluding hydrogens is 251 g/mol. The van der Waals surface area contributed by atoms with E-state index in [1.165, 1.54) is 6.07 Å². The zero-order chi connectivity index (χ0) is 13.5. The molecule has 0 atom stereocenters. The molecule has 0 bridgehead atoms. The molecule has 96 valence electrons. The summed E-state index contributed by atoms with van der Waals surface area (Å²) in [5.74, 6) is 0. The maximum atomic E-state index is 13.1. The van der Waals surface area contributed by atoms with Crippen molar-refractivity contribution in [2.75, 3.05) is 0 Å². The van der Waals surface area contributed by atoms with Gasteiger partial charge in [0.2, 0.25) is 0 Å². The van der Waals surface area contributed by atoms with Gasteiger partial charge in [0.1, 0.15) is 0 Å². The Hall–Kier alpha value is -2.23. The summed E-state index contributed by atoms with van der Waals surface area (Å²) in [6.07, 6.45) is -2.69. The molecule has 0 N–H and O–H groups in total. The Morgan fingerprint density at radius 1 is 0.789 bits per heavy atom. The third-order valence-corrected chi connectivity index (χ3v) is 3.05. The number of fused-ring (bicyclic) bond motifs is 1. The largest absolute Gasteiger partial charge is 0.418 e. The fourth-order valence-electron chi connectivity index (χ4n) is 2.23. The fraction of sp³-hybridized carbons (Fsp3) is 0.0667. The van der Waals surface area contributed by atoms with Crippen molar-refractivity contribution in [2.45, 2.75) is 6.18 Å². The number of aromatic nitrogens is 1. The van der Waals surface area contributed by atoms with Crippen LogP contribution in [0.15, 0.2) is 60.8 Å². The molecule has 0 aliphatic heterocycles. The number of para-hydroxylation sites is 2. The molecule has 0 fully saturated rings. The van der Waals surface area contributed by atoms with Crippen LogP contribution in [0, 0.1) is 0 Å². The maximum absolute atomic E-state index is 13.1. The SMILES string of the molecule is FC(F)(F)c1cccc2ccn(-c3ccccc3)c12. The number of halogens is 3. The lowest BCUT2D eigenvalue weighted by Crippen LogP contribution is -2.07. The number of rotatable bonds is 1. The van der Waals surface area contributed by atoms with Gasteiger partial charge in [-0.1, -0.05) is 30.3 Å². The summed E-state index contributed by atoms with van der Waals surface area (Å²) in [5, 5.41) is 0.582. The lowest BCUT2D eigenvalue weighted by Gasteiger charge is -2.12. The molecule has 0 amide bonds. The van der Waals surface area contributed by atoms with Crippen molar-refractivity contribution in [2.24, 2.45) is 0 Å². The summed E-state index contributed by atoms with van der Waals surface area (Å²) in [5.41, 5.74) is 0.300. The topological polar surface area (TPSA) is 4.93 Å². The van der Waals surface area contributed by atoms with E-state index < -0.39 is 11.7 Å². The van der Waals surface area contributed by atoms with E-state index in [4.69, 9.17) is 0 Å². The molecule has 0 aliphatic carbocycles. The third kappa shape index (κ3) is 1.99. The monoisotopic (exact) mass is 261 g/mol. The van der Waals surface area contributed by atoms with Crippen molar-refractivity contribution < 1.29 is 13.2 Å². The highest BCUT2D eigenvalue weighted by molar-refractivity contribution is 5.85. The first-order valence-corrected chi connectivity index (χ1v) is 5.80. The van der Waals surface area contributed by atoms with E-state index in [0.29, 0.717) is 11.1 Å². The first kappa shape index (κ1) is 11.8. The van der Waals surface area contributed by atoms with E-state index in [1.807, 2.05) is 6.07 Å². The van der Waals surface area contributed by atoms with Gasteiger partial charge in [-0.15, -0.1) is 0 Å². The van der Waals surface area contributed by atoms with E-state index in [9.17, 15) is 13.2 Å². The third-order valence-electron chi connectivity index (χ3n) is 3.05. The predicted octanol–water partition coefficient (Wildman–Crippen LogP) is 4.65. The van der Waals surface area contributed by atoms with Gasteiger partial charge in [-0.05, 0) is 24.3 Å². The summed E-state index contributed by atoms with van der Waals surface area (Å²) < 4.78 is 40.8. The molecule has 2 aromatic carbocycles. The highest BCUT2D eigenvalue weighted by atomic mass is 19.4. The zero-order valence-electron chi connectivity index (χ0n) is 9.85. The lowest BCUT2D eigenvalue weighted by atomic mass is 10.1. The van der Waals surface area contributed by atoms with E-state index in [1.54, 1.807) is 47.2 Å². The van der Waals surface area contributed by atoms with Gasteiger partial charge in [0.05, 0.1) is 11.1 Å². The van der Waals surface area contributed by atoms with Gasteiger partial charge in [-0.2, -0.15) is 13.2 Å². The highest BCUT2D eigenvalue weighted by Gasteiger charge is 2.33. The molecule has 0 aliphatic rings. The zero-order valence-corrected chi connectivity index (χ0v) is 9.85. The number of hydrogen-bond acceptors (Lipinski definition) is 0. The Bertz CT molecular complexity index is 711. The Balaban J connectivity index is 2.33. The van der Waals surface area contributed by atoms with Crippen molar-refractivity contribution in [3.63, 3.8) is 0 Å². The molecule has 0 radical (unpaired) electrons. The molecule has 0 unspecified atom stereocenters. The normalized spacial score (nSPS) is 11.9. The van der Waals surface area contributed by atoms with Crippen LogP contribution in [0.2, 0.25) is 0 Å². The van der Waals surface area contributed by atoms with Gasteiger partial charge in [0.15, 0.2) is 0 Å². The minimum atomic E-state index is -4.36. The number of nitrogens with zero attached hydrogens (tertiary/aromatic N) is 1. The van der Waals surface area contributed by atoms with Crippen LogP contribution in [0.1, 0.15) is 5.56 Å². The van der Waals surface area contributed by atoms with E-state index >= 15 is 0 Å². The average molecular weight is 261 g/mol. The van der Waals surface area contributed by atoms with Gasteiger partial charge in [0.25, 0.3) is 0 Å². The van der Waals surface area contributed by atoms with Gasteiger partial charge < -0.3 is 4.57 Å². The molecule has 19 heavy (non-hydrogen) atoms. The summed E-state index contributed by atoms with van der Waals surface area (Å²) in [6, 6.07) is 14.9. The van der Waals surface area contributed by atoms with Crippen LogP contribution in [0.5, 0.6) is 0 Å². The molecule has 1 aromatic heterocycles. The summed E-state index contributed by atoms with van der Waals surface area (Å²) >= 11 is 0. The quantitative estimate of drug-likeness (QED) is 0.601. The van der Waals surface area contributed by atoms with Crippen molar-refractivity contribution >= 4 is 10.9 Å². The molecule has 3 aromatic rings. The molecule has 3 rings (SSSR count). The van der Waals surface area contributed by atoms with Crippen molar-refractivity contribution in [3.8, 4) is 5.69 Å². The van der Waals surface area contributed by atoms with Crippen LogP contribution in [0.3, 0.4) is 0 Å². The van der Waals surface area contributed by atoms with Crippen LogP contribution in [-0.4, -0.2) is 4.57 Å². The van der Waals surface area contributed by atoms with Gasteiger partial charge in [0, 0.05) is 17.3 Å². The minimum absolute atomic E-state index is 0.196. The Kier molecular flexibility index (Phi) is 2.59. The molecule has 0 saturated carbocycles. The second-order valence-electron chi connectivity index (χ2n) is 4.26. The Labute approximate surface area is 107 Å². The average Bonchev–Trinajstić information content (AvgIpc) is 2.82. The van der Waals surface area contributed by atoms with E-state index in [-0.39, 0.29) is 5.52 Å². The maximum Gasteiger partial charge on any atom is 0.418 e. The van der Waals surface area contributed by atoms with E-state index in [2.05, 4.69) is 0 Å². The minimum Gasteiger partial charge on any atom is -0.316 e. The van der Waals surface area contributed by atoms with Crippen molar-refractivity contribution in [1.29, 1.82) is 0 Å². The molecule has 0 spiro atoms. The molecule has 4 heteroatoms. The summed E-state index contributed by atoms with van der Waals surface area (Å²) in [4.78, 5) is 0. The smallest absolute Gasteiger partial charge is 0.316 e. The Morgan fingerprint density at radius 3 is 2.21 bits per heavy atom. The lowest BCUT2D eigenvalue weighted by molar-refractivity contribution is -0.136. The first-order chi connectivity index (χ1) is 9.07. The molecule has 0 saturated heterocycles. The van der Waals surface area contributed by atoms with Gasteiger partial charge in [-0.25, -0.2) is 0 Å². The molecule has 1 heterocycles. The standard InChI is InChI=1S/C15H10F3N/c16-15(17,18)13-8-4-5-11-9-10-19(14(11)13)12-6-2-1-3-7-12/h1-10H. The second-order valence-corrected chi connectivity index (χ2v) is 4.26. The Morgan fingerprint density at radius 2 is 1.53 bits per heavy atom. The van der Waals surface area contributed by atoms with Crippen LogP contribution in [0.4, 0.5) is 13.2 Å². The molecule has 1 nitrogen and oxygen atoms in total. The fourth-order valence-corrected chi connectivity index (χ4v) is 2.23. The predicted molar refractivity (Wildman–Crippen MR) is 68.3 cm³/mol. The number of alkyl halides is 3. The van der Waals surface area contributed by atoms with Gasteiger partial charge in [-0.3, -0.25) is 0 Å². The van der Waals surface area contributed by atoms with Gasteiger partial charge >= 0.3 is 6.18 Å². The van der Waals surface area contributed by atoms with Crippen LogP contribution >= 0.6 is 0 Å². The molecular formula is C15H10F3N. The number of benzene rings is 2.